The van der Waals surface area contributed by atoms with Gasteiger partial charge < -0.3 is 0 Å². The Balaban J connectivity index is 1.68. The van der Waals surface area contributed by atoms with Crippen LogP contribution in [0.25, 0.3) is 0 Å². The van der Waals surface area contributed by atoms with Crippen molar-refractivity contribution >= 4 is 21.7 Å². The van der Waals surface area contributed by atoms with Crippen LogP contribution in [0.2, 0.25) is 0 Å². The first kappa shape index (κ1) is 17.1. The highest BCUT2D eigenvalue weighted by Gasteiger charge is 2.58. The molecule has 0 N–H and O–H groups in total. The number of allylic oxidation sites excluding steroid dienone is 4. The van der Waals surface area contributed by atoms with Gasteiger partial charge in [0.2, 0.25) is 0 Å². The Morgan fingerprint density at radius 2 is 2.00 bits per heavy atom. The Kier molecular flexibility index (Phi) is 4.14. The van der Waals surface area contributed by atoms with E-state index in [1.807, 2.05) is 6.08 Å². The highest BCUT2D eigenvalue weighted by Crippen LogP contribution is 2.66. The fourth-order valence-electron chi connectivity index (χ4n) is 7.08. The highest BCUT2D eigenvalue weighted by atomic mass is 79.9. The third kappa shape index (κ3) is 2.27. The van der Waals surface area contributed by atoms with Crippen molar-refractivity contribution in [2.24, 2.45) is 40.4 Å². The van der Waals surface area contributed by atoms with Gasteiger partial charge >= 0.3 is 0 Å². The maximum Gasteiger partial charge on any atom is 0.156 e. The Labute approximate surface area is 155 Å². The van der Waals surface area contributed by atoms with Gasteiger partial charge in [0.1, 0.15) is 0 Å². The van der Waals surface area contributed by atoms with Gasteiger partial charge in [-0.15, -0.1) is 0 Å². The van der Waals surface area contributed by atoms with Crippen molar-refractivity contribution in [3.63, 3.8) is 0 Å². The van der Waals surface area contributed by atoms with Gasteiger partial charge in [-0.25, -0.2) is 0 Å². The number of halogens is 1. The van der Waals surface area contributed by atoms with Crippen molar-refractivity contribution in [1.29, 1.82) is 0 Å². The molecular weight excluding hydrogens is 360 g/mol. The van der Waals surface area contributed by atoms with E-state index < -0.39 is 0 Å². The maximum absolute atomic E-state index is 11.9. The van der Waals surface area contributed by atoms with Crippen LogP contribution in [0.1, 0.15) is 59.3 Å². The monoisotopic (exact) mass is 390 g/mol. The van der Waals surface area contributed by atoms with Gasteiger partial charge in [-0.05, 0) is 84.2 Å². The van der Waals surface area contributed by atoms with E-state index in [9.17, 15) is 4.79 Å². The van der Waals surface area contributed by atoms with Crippen molar-refractivity contribution < 1.29 is 4.79 Å². The van der Waals surface area contributed by atoms with E-state index in [1.54, 1.807) is 0 Å². The van der Waals surface area contributed by atoms with Crippen LogP contribution in [0.5, 0.6) is 0 Å². The standard InChI is InChI=1S/C22H31BrO/c1-14(13-23)18-6-7-19-17-5-4-15-12-16(24)8-10-21(15,2)20(17)9-11-22(18,19)3/h4-5,12,14,17-20H,6-11,13H2,1-3H3/t14-,17?,18?,19?,20?,21+,22-/m1/s1. The lowest BCUT2D eigenvalue weighted by atomic mass is 9.48. The number of carbonyl (C=O) groups excluding carboxylic acids is 1. The molecule has 4 aliphatic rings. The molecule has 0 aromatic carbocycles. The van der Waals surface area contributed by atoms with Gasteiger partial charge in [0.25, 0.3) is 0 Å². The number of alkyl halides is 1. The van der Waals surface area contributed by atoms with E-state index in [0.29, 0.717) is 11.2 Å². The summed E-state index contributed by atoms with van der Waals surface area (Å²) >= 11 is 3.74. The predicted octanol–water partition coefficient (Wildman–Crippen LogP) is 5.94. The molecule has 0 spiro atoms. The first-order chi connectivity index (χ1) is 11.4. The summed E-state index contributed by atoms with van der Waals surface area (Å²) in [7, 11) is 0. The van der Waals surface area contributed by atoms with Gasteiger partial charge in [-0.1, -0.05) is 48.9 Å². The van der Waals surface area contributed by atoms with Crippen LogP contribution in [-0.2, 0) is 4.79 Å². The molecule has 7 atom stereocenters. The fraction of sp³-hybridized carbons (Fsp3) is 0.773. The predicted molar refractivity (Wildman–Crippen MR) is 103 cm³/mol. The van der Waals surface area contributed by atoms with E-state index in [2.05, 4.69) is 48.9 Å². The molecule has 0 bridgehead atoms. The SMILES string of the molecule is C[C@H](CBr)C1CCC2C3C=CC4=CC(=O)CC[C@]4(C)C3CC[C@@]21C. The van der Waals surface area contributed by atoms with E-state index in [1.165, 1.54) is 31.3 Å². The Morgan fingerprint density at radius 3 is 2.75 bits per heavy atom. The van der Waals surface area contributed by atoms with E-state index >= 15 is 0 Å². The third-order valence-corrected chi connectivity index (χ3v) is 9.54. The van der Waals surface area contributed by atoms with Crippen LogP contribution in [-0.4, -0.2) is 11.1 Å². The molecule has 4 aliphatic carbocycles. The molecule has 0 aromatic rings. The van der Waals surface area contributed by atoms with E-state index in [4.69, 9.17) is 0 Å². The van der Waals surface area contributed by atoms with Crippen molar-refractivity contribution in [3.05, 3.63) is 23.8 Å². The quantitative estimate of drug-likeness (QED) is 0.532. The van der Waals surface area contributed by atoms with Gasteiger partial charge in [0.05, 0.1) is 0 Å². The first-order valence-corrected chi connectivity index (χ1v) is 11.0. The zero-order chi connectivity index (χ0) is 17.1. The van der Waals surface area contributed by atoms with Crippen molar-refractivity contribution in [3.8, 4) is 0 Å². The zero-order valence-electron chi connectivity index (χ0n) is 15.4. The molecule has 0 saturated heterocycles. The number of fused-ring (bicyclic) bond motifs is 5. The average Bonchev–Trinajstić information content (AvgIpc) is 2.92. The molecule has 24 heavy (non-hydrogen) atoms. The lowest BCUT2D eigenvalue weighted by Crippen LogP contribution is -2.49. The second-order valence-electron chi connectivity index (χ2n) is 9.49. The lowest BCUT2D eigenvalue weighted by molar-refractivity contribution is -0.116. The molecule has 0 heterocycles. The van der Waals surface area contributed by atoms with Gasteiger partial charge in [0, 0.05) is 11.8 Å². The molecule has 0 radical (unpaired) electrons. The number of rotatable bonds is 2. The van der Waals surface area contributed by atoms with Crippen LogP contribution in [0.15, 0.2) is 23.8 Å². The highest BCUT2D eigenvalue weighted by molar-refractivity contribution is 9.09. The Bertz CT molecular complexity index is 605. The summed E-state index contributed by atoms with van der Waals surface area (Å²) in [6.07, 6.45) is 14.1. The van der Waals surface area contributed by atoms with Crippen LogP contribution < -0.4 is 0 Å². The van der Waals surface area contributed by atoms with E-state index in [0.717, 1.165) is 47.8 Å². The van der Waals surface area contributed by atoms with Gasteiger partial charge in [-0.2, -0.15) is 0 Å². The second-order valence-corrected chi connectivity index (χ2v) is 10.1. The third-order valence-electron chi connectivity index (χ3n) is 8.52. The lowest BCUT2D eigenvalue weighted by Gasteiger charge is -2.56. The van der Waals surface area contributed by atoms with Gasteiger partial charge in [0.15, 0.2) is 5.78 Å². The van der Waals surface area contributed by atoms with Crippen LogP contribution in [0.4, 0.5) is 0 Å². The summed E-state index contributed by atoms with van der Waals surface area (Å²) in [5, 5.41) is 1.14. The molecule has 2 fully saturated rings. The maximum atomic E-state index is 11.9. The number of hydrogen-bond donors (Lipinski definition) is 0. The largest absolute Gasteiger partial charge is 0.295 e. The fourth-order valence-corrected chi connectivity index (χ4v) is 7.53. The van der Waals surface area contributed by atoms with Gasteiger partial charge in [-0.3, -0.25) is 4.79 Å². The topological polar surface area (TPSA) is 17.1 Å². The van der Waals surface area contributed by atoms with Crippen LogP contribution in [0, 0.1) is 40.4 Å². The van der Waals surface area contributed by atoms with Crippen LogP contribution >= 0.6 is 15.9 Å². The van der Waals surface area contributed by atoms with Crippen molar-refractivity contribution in [2.45, 2.75) is 59.3 Å². The van der Waals surface area contributed by atoms with Crippen LogP contribution in [0.3, 0.4) is 0 Å². The minimum Gasteiger partial charge on any atom is -0.295 e. The molecule has 132 valence electrons. The smallest absolute Gasteiger partial charge is 0.156 e. The molecule has 2 saturated carbocycles. The minimum atomic E-state index is 0.244. The second kappa shape index (κ2) is 5.83. The first-order valence-electron chi connectivity index (χ1n) is 9.89. The molecule has 4 unspecified atom stereocenters. The summed E-state index contributed by atoms with van der Waals surface area (Å²) in [5.41, 5.74) is 2.08. The minimum absolute atomic E-state index is 0.244. The molecule has 0 amide bonds. The molecule has 4 rings (SSSR count). The summed E-state index contributed by atoms with van der Waals surface area (Å²) in [6.45, 7) is 7.48. The van der Waals surface area contributed by atoms with Crippen molar-refractivity contribution in [2.75, 3.05) is 5.33 Å². The molecular formula is C22H31BrO. The Morgan fingerprint density at radius 1 is 1.21 bits per heavy atom. The summed E-state index contributed by atoms with van der Waals surface area (Å²) in [4.78, 5) is 11.9. The zero-order valence-corrected chi connectivity index (χ0v) is 16.9. The molecule has 2 heteroatoms. The van der Waals surface area contributed by atoms with E-state index in [-0.39, 0.29) is 5.41 Å². The average molecular weight is 391 g/mol. The summed E-state index contributed by atoms with van der Waals surface area (Å²) in [6, 6.07) is 0. The molecule has 0 aliphatic heterocycles. The Hall–Kier alpha value is -0.370. The van der Waals surface area contributed by atoms with Crippen molar-refractivity contribution in [1.82, 2.24) is 0 Å². The summed E-state index contributed by atoms with van der Waals surface area (Å²) in [5.74, 6) is 4.30. The summed E-state index contributed by atoms with van der Waals surface area (Å²) < 4.78 is 0. The molecule has 1 nitrogen and oxygen atoms in total. The molecule has 0 aromatic heterocycles. The normalized spacial score (nSPS) is 48.3. The number of hydrogen-bond acceptors (Lipinski definition) is 1. The number of carbonyl (C=O) groups is 1. The number of ketones is 1.